The van der Waals surface area contributed by atoms with Gasteiger partial charge in [0, 0.05) is 24.7 Å². The molecular weight excluding hydrogens is 340 g/mol. The number of aryl methyl sites for hydroxylation is 1. The van der Waals surface area contributed by atoms with Gasteiger partial charge in [-0.15, -0.1) is 0 Å². The lowest BCUT2D eigenvalue weighted by Gasteiger charge is -2.31. The van der Waals surface area contributed by atoms with E-state index in [1.54, 1.807) is 24.1 Å². The van der Waals surface area contributed by atoms with Crippen LogP contribution >= 0.6 is 0 Å². The Morgan fingerprint density at radius 1 is 1.07 bits per heavy atom. The first-order valence-electron chi connectivity index (χ1n) is 9.44. The minimum Gasteiger partial charge on any atom is -0.496 e. The molecule has 0 radical (unpaired) electrons. The fraction of sp³-hybridized carbons (Fsp3) is 0.364. The largest absolute Gasteiger partial charge is 0.496 e. The zero-order valence-electron chi connectivity index (χ0n) is 15.9. The van der Waals surface area contributed by atoms with E-state index in [1.807, 2.05) is 36.4 Å². The normalized spacial score (nSPS) is 14.7. The third kappa shape index (κ3) is 4.48. The number of ether oxygens (including phenoxy) is 1. The second-order valence-corrected chi connectivity index (χ2v) is 6.81. The van der Waals surface area contributed by atoms with Crippen LogP contribution in [0.25, 0.3) is 0 Å². The number of methoxy groups -OCH3 is 1. The summed E-state index contributed by atoms with van der Waals surface area (Å²) in [5.74, 6) is 0.501. The Morgan fingerprint density at radius 3 is 2.37 bits per heavy atom. The maximum absolute atomic E-state index is 12.8. The molecule has 142 valence electrons. The molecule has 0 bridgehead atoms. The molecule has 5 heteroatoms. The fourth-order valence-electron chi connectivity index (χ4n) is 3.40. The van der Waals surface area contributed by atoms with Crippen LogP contribution in [0.3, 0.4) is 0 Å². The van der Waals surface area contributed by atoms with E-state index in [0.29, 0.717) is 37.2 Å². The van der Waals surface area contributed by atoms with Crippen LogP contribution in [-0.4, -0.2) is 36.9 Å². The maximum atomic E-state index is 12.8. The molecule has 0 aromatic heterocycles. The van der Waals surface area contributed by atoms with Crippen LogP contribution in [0, 0.1) is 5.92 Å². The number of carbonyl (C=O) groups excluding carboxylic acids is 2. The van der Waals surface area contributed by atoms with Crippen molar-refractivity contribution in [3.8, 4) is 5.75 Å². The summed E-state index contributed by atoms with van der Waals surface area (Å²) < 4.78 is 5.29. The van der Waals surface area contributed by atoms with Crippen LogP contribution in [0.4, 0.5) is 5.69 Å². The molecule has 2 aromatic rings. The molecule has 0 saturated carbocycles. The number of benzene rings is 2. The zero-order chi connectivity index (χ0) is 19.2. The van der Waals surface area contributed by atoms with Crippen molar-refractivity contribution in [2.75, 3.05) is 25.5 Å². The lowest BCUT2D eigenvalue weighted by Crippen LogP contribution is -2.41. The first-order valence-corrected chi connectivity index (χ1v) is 9.44. The fourth-order valence-corrected chi connectivity index (χ4v) is 3.40. The van der Waals surface area contributed by atoms with Gasteiger partial charge in [0.2, 0.25) is 5.91 Å². The van der Waals surface area contributed by atoms with E-state index in [0.717, 1.165) is 12.1 Å². The second kappa shape index (κ2) is 8.71. The molecular formula is C22H26N2O3. The number of rotatable bonds is 5. The molecule has 2 amide bonds. The average molecular weight is 366 g/mol. The molecule has 1 heterocycles. The Hall–Kier alpha value is -2.82. The van der Waals surface area contributed by atoms with E-state index in [2.05, 4.69) is 12.2 Å². The smallest absolute Gasteiger partial charge is 0.257 e. The molecule has 27 heavy (non-hydrogen) atoms. The number of carbonyl (C=O) groups is 2. The third-order valence-corrected chi connectivity index (χ3v) is 5.12. The number of anilines is 1. The maximum Gasteiger partial charge on any atom is 0.257 e. The summed E-state index contributed by atoms with van der Waals surface area (Å²) in [5.41, 5.74) is 2.64. The van der Waals surface area contributed by atoms with E-state index in [1.165, 1.54) is 5.56 Å². The molecule has 5 nitrogen and oxygen atoms in total. The highest BCUT2D eigenvalue weighted by atomic mass is 16.5. The van der Waals surface area contributed by atoms with Crippen molar-refractivity contribution >= 4 is 17.5 Å². The van der Waals surface area contributed by atoms with Gasteiger partial charge in [-0.25, -0.2) is 0 Å². The summed E-state index contributed by atoms with van der Waals surface area (Å²) in [6.45, 7) is 3.25. The first kappa shape index (κ1) is 19.0. The van der Waals surface area contributed by atoms with E-state index in [9.17, 15) is 9.59 Å². The molecule has 0 aliphatic carbocycles. The van der Waals surface area contributed by atoms with Crippen LogP contribution in [0.2, 0.25) is 0 Å². The number of hydrogen-bond donors (Lipinski definition) is 1. The van der Waals surface area contributed by atoms with E-state index in [-0.39, 0.29) is 17.7 Å². The summed E-state index contributed by atoms with van der Waals surface area (Å²) in [6.07, 6.45) is 2.31. The predicted molar refractivity (Wildman–Crippen MR) is 106 cm³/mol. The van der Waals surface area contributed by atoms with Gasteiger partial charge in [0.05, 0.1) is 12.7 Å². The van der Waals surface area contributed by atoms with Gasteiger partial charge in [0.15, 0.2) is 0 Å². The first-order chi connectivity index (χ1) is 13.1. The van der Waals surface area contributed by atoms with Crippen LogP contribution in [-0.2, 0) is 11.2 Å². The van der Waals surface area contributed by atoms with Crippen LogP contribution in [0.15, 0.2) is 48.5 Å². The summed E-state index contributed by atoms with van der Waals surface area (Å²) in [4.78, 5) is 27.1. The predicted octanol–water partition coefficient (Wildman–Crippen LogP) is 3.75. The van der Waals surface area contributed by atoms with Crippen molar-refractivity contribution in [3.05, 3.63) is 59.7 Å². The topological polar surface area (TPSA) is 58.6 Å². The van der Waals surface area contributed by atoms with Gasteiger partial charge in [-0.05, 0) is 49.1 Å². The van der Waals surface area contributed by atoms with Gasteiger partial charge in [0.1, 0.15) is 5.75 Å². The molecule has 3 rings (SSSR count). The van der Waals surface area contributed by atoms with Crippen molar-refractivity contribution in [3.63, 3.8) is 0 Å². The second-order valence-electron chi connectivity index (χ2n) is 6.81. The number of hydrogen-bond acceptors (Lipinski definition) is 3. The van der Waals surface area contributed by atoms with Gasteiger partial charge < -0.3 is 15.0 Å². The van der Waals surface area contributed by atoms with Crippen LogP contribution < -0.4 is 10.1 Å². The highest BCUT2D eigenvalue weighted by molar-refractivity contribution is 5.97. The summed E-state index contributed by atoms with van der Waals surface area (Å²) in [5, 5.41) is 2.99. The van der Waals surface area contributed by atoms with Crippen molar-refractivity contribution in [1.82, 2.24) is 4.90 Å². The van der Waals surface area contributed by atoms with Crippen molar-refractivity contribution in [2.24, 2.45) is 5.92 Å². The molecule has 2 aromatic carbocycles. The molecule has 1 fully saturated rings. The number of para-hydroxylation sites is 1. The van der Waals surface area contributed by atoms with E-state index in [4.69, 9.17) is 4.74 Å². The van der Waals surface area contributed by atoms with Gasteiger partial charge in [-0.2, -0.15) is 0 Å². The number of piperidine rings is 1. The van der Waals surface area contributed by atoms with Crippen molar-refractivity contribution < 1.29 is 14.3 Å². The number of likely N-dealkylation sites (tertiary alicyclic amines) is 1. The van der Waals surface area contributed by atoms with Crippen LogP contribution in [0.1, 0.15) is 35.7 Å². The molecule has 1 aliphatic rings. The number of nitrogens with zero attached hydrogens (tertiary/aromatic N) is 1. The number of amides is 2. The Kier molecular flexibility index (Phi) is 6.12. The zero-order valence-corrected chi connectivity index (χ0v) is 15.9. The van der Waals surface area contributed by atoms with Gasteiger partial charge in [-0.1, -0.05) is 31.2 Å². The monoisotopic (exact) mass is 366 g/mol. The van der Waals surface area contributed by atoms with E-state index >= 15 is 0 Å². The quantitative estimate of drug-likeness (QED) is 0.877. The van der Waals surface area contributed by atoms with Crippen molar-refractivity contribution in [2.45, 2.75) is 26.2 Å². The van der Waals surface area contributed by atoms with Gasteiger partial charge in [0.25, 0.3) is 5.91 Å². The Bertz CT molecular complexity index is 793. The minimum atomic E-state index is -0.0717. The lowest BCUT2D eigenvalue weighted by molar-refractivity contribution is -0.121. The number of nitrogens with one attached hydrogen (secondary N) is 1. The summed E-state index contributed by atoms with van der Waals surface area (Å²) >= 11 is 0. The molecule has 0 unspecified atom stereocenters. The highest BCUT2D eigenvalue weighted by Gasteiger charge is 2.28. The van der Waals surface area contributed by atoms with Gasteiger partial charge >= 0.3 is 0 Å². The third-order valence-electron chi connectivity index (χ3n) is 5.12. The van der Waals surface area contributed by atoms with Crippen molar-refractivity contribution in [1.29, 1.82) is 0 Å². The Morgan fingerprint density at radius 2 is 1.74 bits per heavy atom. The van der Waals surface area contributed by atoms with Gasteiger partial charge in [-0.3, -0.25) is 9.59 Å². The average Bonchev–Trinajstić information content (AvgIpc) is 2.73. The van der Waals surface area contributed by atoms with E-state index < -0.39 is 0 Å². The SMILES string of the molecule is CCc1ccc(NC(=O)C2CCN(C(=O)c3ccccc3OC)CC2)cc1. The minimum absolute atomic E-state index is 0.0311. The summed E-state index contributed by atoms with van der Waals surface area (Å²) in [6, 6.07) is 15.2. The molecule has 1 saturated heterocycles. The molecule has 1 N–H and O–H groups in total. The molecule has 0 spiro atoms. The lowest BCUT2D eigenvalue weighted by atomic mass is 9.95. The molecule has 1 aliphatic heterocycles. The Balaban J connectivity index is 1.56. The Labute approximate surface area is 160 Å². The standard InChI is InChI=1S/C22H26N2O3/c1-3-16-8-10-18(11-9-16)23-21(25)17-12-14-24(15-13-17)22(26)19-6-4-5-7-20(19)27-2/h4-11,17H,3,12-15H2,1-2H3,(H,23,25). The van der Waals surface area contributed by atoms with Crippen LogP contribution in [0.5, 0.6) is 5.75 Å². The summed E-state index contributed by atoms with van der Waals surface area (Å²) in [7, 11) is 1.57. The molecule has 0 atom stereocenters. The highest BCUT2D eigenvalue weighted by Crippen LogP contribution is 2.24.